The summed E-state index contributed by atoms with van der Waals surface area (Å²) >= 11 is 0. The Bertz CT molecular complexity index is 448. The predicted molar refractivity (Wildman–Crippen MR) is 64.6 cm³/mol. The van der Waals surface area contributed by atoms with Gasteiger partial charge in [0.2, 0.25) is 11.8 Å². The first kappa shape index (κ1) is 12.6. The van der Waals surface area contributed by atoms with Crippen LogP contribution in [0.3, 0.4) is 0 Å². The zero-order chi connectivity index (χ0) is 13.3. The van der Waals surface area contributed by atoms with E-state index in [9.17, 15) is 9.59 Å². The summed E-state index contributed by atoms with van der Waals surface area (Å²) in [7, 11) is 0. The van der Waals surface area contributed by atoms with Crippen molar-refractivity contribution >= 4 is 17.6 Å². The Hall–Kier alpha value is -1.85. The molecule has 1 aromatic rings. The molecular weight excluding hydrogens is 234 g/mol. The van der Waals surface area contributed by atoms with Gasteiger partial charge in [0.1, 0.15) is 12.2 Å². The molecule has 0 spiro atoms. The standard InChI is InChI=1S/C12H17N3O3/c1-12(2,3)7-6-13-10(16)9(7)11(17)14-8-4-5-18-15-8/h4-5,7,9H,6H2,1-3H3,(H,13,16)(H,14,15,17)/t7-,9+/m0/s1. The summed E-state index contributed by atoms with van der Waals surface area (Å²) in [5, 5.41) is 8.94. The highest BCUT2D eigenvalue weighted by atomic mass is 16.5. The largest absolute Gasteiger partial charge is 0.363 e. The Kier molecular flexibility index (Phi) is 3.11. The van der Waals surface area contributed by atoms with Crippen LogP contribution >= 0.6 is 0 Å². The zero-order valence-electron chi connectivity index (χ0n) is 10.7. The number of aromatic nitrogens is 1. The molecule has 2 rings (SSSR count). The first-order valence-corrected chi connectivity index (χ1v) is 5.88. The van der Waals surface area contributed by atoms with Crippen molar-refractivity contribution in [2.75, 3.05) is 11.9 Å². The molecule has 1 saturated heterocycles. The fourth-order valence-corrected chi connectivity index (χ4v) is 2.21. The third-order valence-corrected chi connectivity index (χ3v) is 3.26. The lowest BCUT2D eigenvalue weighted by Crippen LogP contribution is -2.37. The number of hydrogen-bond acceptors (Lipinski definition) is 4. The van der Waals surface area contributed by atoms with Crippen LogP contribution in [0.2, 0.25) is 0 Å². The first-order valence-electron chi connectivity index (χ1n) is 5.88. The Balaban J connectivity index is 2.14. The van der Waals surface area contributed by atoms with Crippen LogP contribution < -0.4 is 10.6 Å². The fourth-order valence-electron chi connectivity index (χ4n) is 2.21. The molecule has 1 aliphatic rings. The molecule has 2 heterocycles. The van der Waals surface area contributed by atoms with E-state index in [1.165, 1.54) is 12.3 Å². The molecule has 6 nitrogen and oxygen atoms in total. The molecule has 1 aromatic heterocycles. The van der Waals surface area contributed by atoms with Crippen LogP contribution in [0.25, 0.3) is 0 Å². The summed E-state index contributed by atoms with van der Waals surface area (Å²) < 4.78 is 4.63. The lowest BCUT2D eigenvalue weighted by molar-refractivity contribution is -0.132. The number of carbonyl (C=O) groups is 2. The highest BCUT2D eigenvalue weighted by Crippen LogP contribution is 2.35. The van der Waals surface area contributed by atoms with E-state index in [1.54, 1.807) is 0 Å². The van der Waals surface area contributed by atoms with Gasteiger partial charge in [-0.2, -0.15) is 0 Å². The summed E-state index contributed by atoms with van der Waals surface area (Å²) in [5.41, 5.74) is -0.120. The maximum Gasteiger partial charge on any atom is 0.238 e. The van der Waals surface area contributed by atoms with Gasteiger partial charge >= 0.3 is 0 Å². The summed E-state index contributed by atoms with van der Waals surface area (Å²) in [6.07, 6.45) is 1.37. The Morgan fingerprint density at radius 3 is 2.83 bits per heavy atom. The maximum absolute atomic E-state index is 12.1. The molecule has 98 valence electrons. The highest BCUT2D eigenvalue weighted by Gasteiger charge is 2.45. The minimum Gasteiger partial charge on any atom is -0.363 e. The van der Waals surface area contributed by atoms with Gasteiger partial charge in [-0.25, -0.2) is 0 Å². The SMILES string of the molecule is CC(C)(C)[C@H]1CNC(=O)[C@@H]1C(=O)Nc1ccon1. The van der Waals surface area contributed by atoms with Gasteiger partial charge in [0, 0.05) is 18.5 Å². The molecule has 1 aliphatic heterocycles. The second-order valence-electron chi connectivity index (χ2n) is 5.57. The van der Waals surface area contributed by atoms with Crippen molar-refractivity contribution in [3.8, 4) is 0 Å². The molecule has 0 radical (unpaired) electrons. The number of rotatable bonds is 2. The summed E-state index contributed by atoms with van der Waals surface area (Å²) in [6, 6.07) is 1.54. The number of nitrogens with zero attached hydrogens (tertiary/aromatic N) is 1. The van der Waals surface area contributed by atoms with Gasteiger partial charge in [-0.05, 0) is 5.41 Å². The molecule has 0 saturated carbocycles. The van der Waals surface area contributed by atoms with Gasteiger partial charge < -0.3 is 15.2 Å². The number of carbonyl (C=O) groups excluding carboxylic acids is 2. The van der Waals surface area contributed by atoms with Gasteiger partial charge in [0.15, 0.2) is 5.82 Å². The van der Waals surface area contributed by atoms with Crippen LogP contribution in [0.1, 0.15) is 20.8 Å². The Labute approximate surface area is 105 Å². The monoisotopic (exact) mass is 251 g/mol. The number of anilines is 1. The highest BCUT2D eigenvalue weighted by molar-refractivity contribution is 6.07. The number of nitrogens with one attached hydrogen (secondary N) is 2. The van der Waals surface area contributed by atoms with E-state index in [0.717, 1.165) is 0 Å². The molecule has 2 N–H and O–H groups in total. The van der Waals surface area contributed by atoms with Crippen LogP contribution in [0, 0.1) is 17.3 Å². The van der Waals surface area contributed by atoms with Crippen LogP contribution in [0.15, 0.2) is 16.9 Å². The fraction of sp³-hybridized carbons (Fsp3) is 0.583. The van der Waals surface area contributed by atoms with Crippen molar-refractivity contribution in [1.29, 1.82) is 0 Å². The van der Waals surface area contributed by atoms with Gasteiger partial charge in [0.05, 0.1) is 0 Å². The average Bonchev–Trinajstić information content (AvgIpc) is 2.85. The lowest BCUT2D eigenvalue weighted by atomic mass is 9.74. The van der Waals surface area contributed by atoms with Gasteiger partial charge in [-0.3, -0.25) is 9.59 Å². The normalized spacial score (nSPS) is 23.8. The van der Waals surface area contributed by atoms with Crippen molar-refractivity contribution in [3.63, 3.8) is 0 Å². The number of hydrogen-bond donors (Lipinski definition) is 2. The first-order chi connectivity index (χ1) is 8.39. The molecule has 0 aliphatic carbocycles. The van der Waals surface area contributed by atoms with E-state index in [-0.39, 0.29) is 23.1 Å². The molecule has 2 atom stereocenters. The van der Waals surface area contributed by atoms with E-state index < -0.39 is 5.92 Å². The predicted octanol–water partition coefficient (Wildman–Crippen LogP) is 1.02. The molecule has 0 unspecified atom stereocenters. The molecule has 18 heavy (non-hydrogen) atoms. The van der Waals surface area contributed by atoms with Crippen LogP contribution in [0.4, 0.5) is 5.82 Å². The van der Waals surface area contributed by atoms with Crippen LogP contribution in [0.5, 0.6) is 0 Å². The molecule has 0 aromatic carbocycles. The molecule has 2 amide bonds. The minimum atomic E-state index is -0.679. The average molecular weight is 251 g/mol. The summed E-state index contributed by atoms with van der Waals surface area (Å²) in [5.74, 6) is -0.944. The third kappa shape index (κ3) is 2.37. The number of amides is 2. The van der Waals surface area contributed by atoms with E-state index in [0.29, 0.717) is 12.4 Å². The Morgan fingerprint density at radius 1 is 1.56 bits per heavy atom. The molecule has 1 fully saturated rings. The van der Waals surface area contributed by atoms with Gasteiger partial charge in [-0.1, -0.05) is 25.9 Å². The van der Waals surface area contributed by atoms with E-state index in [1.807, 2.05) is 20.8 Å². The summed E-state index contributed by atoms with van der Waals surface area (Å²) in [4.78, 5) is 23.9. The van der Waals surface area contributed by atoms with Crippen molar-refractivity contribution in [3.05, 3.63) is 12.3 Å². The third-order valence-electron chi connectivity index (χ3n) is 3.26. The molecule has 6 heteroatoms. The second kappa shape index (κ2) is 4.44. The van der Waals surface area contributed by atoms with E-state index >= 15 is 0 Å². The van der Waals surface area contributed by atoms with E-state index in [4.69, 9.17) is 0 Å². The van der Waals surface area contributed by atoms with Gasteiger partial charge in [-0.15, -0.1) is 0 Å². The molecule has 0 bridgehead atoms. The molecular formula is C12H17N3O3. The van der Waals surface area contributed by atoms with Crippen LogP contribution in [-0.4, -0.2) is 23.5 Å². The quantitative estimate of drug-likeness (QED) is 0.769. The zero-order valence-corrected chi connectivity index (χ0v) is 10.7. The summed E-state index contributed by atoms with van der Waals surface area (Å²) in [6.45, 7) is 6.59. The van der Waals surface area contributed by atoms with Crippen molar-refractivity contribution < 1.29 is 14.1 Å². The maximum atomic E-state index is 12.1. The van der Waals surface area contributed by atoms with Crippen molar-refractivity contribution in [1.82, 2.24) is 10.5 Å². The van der Waals surface area contributed by atoms with Gasteiger partial charge in [0.25, 0.3) is 0 Å². The Morgan fingerprint density at radius 2 is 2.28 bits per heavy atom. The van der Waals surface area contributed by atoms with Crippen molar-refractivity contribution in [2.24, 2.45) is 17.3 Å². The minimum absolute atomic E-state index is 0.0306. The smallest absolute Gasteiger partial charge is 0.238 e. The van der Waals surface area contributed by atoms with Crippen LogP contribution in [-0.2, 0) is 9.59 Å². The van der Waals surface area contributed by atoms with Crippen molar-refractivity contribution in [2.45, 2.75) is 20.8 Å². The van der Waals surface area contributed by atoms with E-state index in [2.05, 4.69) is 20.3 Å². The topological polar surface area (TPSA) is 84.2 Å². The second-order valence-corrected chi connectivity index (χ2v) is 5.57. The lowest BCUT2D eigenvalue weighted by Gasteiger charge is -2.29.